The molecule has 1 N–H and O–H groups in total. The number of nitrogens with one attached hydrogen (secondary N) is 1. The van der Waals surface area contributed by atoms with Crippen LogP contribution < -0.4 is 5.32 Å². The summed E-state index contributed by atoms with van der Waals surface area (Å²) in [6.07, 6.45) is 8.57. The van der Waals surface area contributed by atoms with Gasteiger partial charge in [0.05, 0.1) is 5.69 Å². The quantitative estimate of drug-likeness (QED) is 0.792. The second-order valence-electron chi connectivity index (χ2n) is 4.17. The fraction of sp³-hybridized carbons (Fsp3) is 0.385. The van der Waals surface area contributed by atoms with Gasteiger partial charge in [0.15, 0.2) is 0 Å². The summed E-state index contributed by atoms with van der Waals surface area (Å²) in [5, 5.41) is 7.75. The molecule has 5 nitrogen and oxygen atoms in total. The van der Waals surface area contributed by atoms with Crippen LogP contribution in [0.1, 0.15) is 18.2 Å². The number of rotatable bonds is 6. The molecule has 0 saturated carbocycles. The summed E-state index contributed by atoms with van der Waals surface area (Å²) in [5.41, 5.74) is 2.35. The highest BCUT2D eigenvalue weighted by Gasteiger charge is 2.07. The molecule has 96 valence electrons. The summed E-state index contributed by atoms with van der Waals surface area (Å²) < 4.78 is 3.88. The second-order valence-corrected chi connectivity index (χ2v) is 4.17. The second kappa shape index (κ2) is 5.53. The Hall–Kier alpha value is -2.04. The number of anilines is 1. The molecule has 0 unspecified atom stereocenters. The predicted molar refractivity (Wildman–Crippen MR) is 72.3 cm³/mol. The highest BCUT2D eigenvalue weighted by Crippen LogP contribution is 2.11. The van der Waals surface area contributed by atoms with Gasteiger partial charge < -0.3 is 9.88 Å². The van der Waals surface area contributed by atoms with Gasteiger partial charge in [-0.15, -0.1) is 6.58 Å². The summed E-state index contributed by atoms with van der Waals surface area (Å²) in [6.45, 7) is 7.35. The van der Waals surface area contributed by atoms with E-state index < -0.39 is 0 Å². The Balaban J connectivity index is 2.06. The van der Waals surface area contributed by atoms with Gasteiger partial charge in [-0.25, -0.2) is 4.98 Å². The highest BCUT2D eigenvalue weighted by molar-refractivity contribution is 5.30. The Morgan fingerprint density at radius 3 is 3.06 bits per heavy atom. The van der Waals surface area contributed by atoms with E-state index in [1.165, 1.54) is 5.56 Å². The van der Waals surface area contributed by atoms with Crippen molar-refractivity contribution < 1.29 is 0 Å². The van der Waals surface area contributed by atoms with E-state index in [1.807, 2.05) is 34.8 Å². The van der Waals surface area contributed by atoms with E-state index in [0.717, 1.165) is 31.2 Å². The van der Waals surface area contributed by atoms with Gasteiger partial charge >= 0.3 is 0 Å². The van der Waals surface area contributed by atoms with Crippen molar-refractivity contribution in [2.45, 2.75) is 26.4 Å². The fourth-order valence-electron chi connectivity index (χ4n) is 1.97. The number of hydrogen-bond acceptors (Lipinski definition) is 3. The van der Waals surface area contributed by atoms with E-state index in [9.17, 15) is 0 Å². The molecule has 0 aliphatic carbocycles. The molecule has 0 aromatic carbocycles. The van der Waals surface area contributed by atoms with Crippen molar-refractivity contribution in [1.29, 1.82) is 0 Å². The van der Waals surface area contributed by atoms with Crippen LogP contribution in [-0.2, 0) is 26.6 Å². The third-order valence-corrected chi connectivity index (χ3v) is 2.80. The Morgan fingerprint density at radius 2 is 2.33 bits per heavy atom. The average Bonchev–Trinajstić information content (AvgIpc) is 2.93. The normalized spacial score (nSPS) is 10.6. The Bertz CT molecular complexity index is 523. The zero-order chi connectivity index (χ0) is 13.0. The standard InChI is InChI=1S/C13H19N5/c1-4-7-18-8-6-14-13(18)15-9-11-10-17(3)16-12(11)5-2/h4,6,8,10H,1,5,7,9H2,2-3H3,(H,14,15). The van der Waals surface area contributed by atoms with Crippen molar-refractivity contribution in [2.75, 3.05) is 5.32 Å². The number of aromatic nitrogens is 4. The third-order valence-electron chi connectivity index (χ3n) is 2.80. The maximum Gasteiger partial charge on any atom is 0.203 e. The van der Waals surface area contributed by atoms with Gasteiger partial charge in [0, 0.05) is 44.3 Å². The van der Waals surface area contributed by atoms with E-state index in [2.05, 4.69) is 28.9 Å². The molecular weight excluding hydrogens is 226 g/mol. The zero-order valence-corrected chi connectivity index (χ0v) is 10.9. The first-order valence-electron chi connectivity index (χ1n) is 6.12. The summed E-state index contributed by atoms with van der Waals surface area (Å²) in [5.74, 6) is 0.862. The van der Waals surface area contributed by atoms with Crippen LogP contribution in [-0.4, -0.2) is 19.3 Å². The summed E-state index contributed by atoms with van der Waals surface area (Å²) >= 11 is 0. The number of aryl methyl sites for hydroxylation is 2. The van der Waals surface area contributed by atoms with Gasteiger partial charge in [-0.1, -0.05) is 13.0 Å². The Kier molecular flexibility index (Phi) is 3.82. The van der Waals surface area contributed by atoms with Gasteiger partial charge in [-0.3, -0.25) is 4.68 Å². The van der Waals surface area contributed by atoms with Crippen LogP contribution >= 0.6 is 0 Å². The van der Waals surface area contributed by atoms with Crippen LogP contribution in [0.2, 0.25) is 0 Å². The molecule has 2 aromatic rings. The number of allylic oxidation sites excluding steroid dienone is 1. The molecule has 0 aliphatic rings. The van der Waals surface area contributed by atoms with Gasteiger partial charge in [-0.2, -0.15) is 5.10 Å². The van der Waals surface area contributed by atoms with Crippen LogP contribution in [0.3, 0.4) is 0 Å². The molecule has 18 heavy (non-hydrogen) atoms. The summed E-state index contributed by atoms with van der Waals surface area (Å²) in [7, 11) is 1.95. The minimum atomic E-state index is 0.741. The number of hydrogen-bond donors (Lipinski definition) is 1. The van der Waals surface area contributed by atoms with Crippen LogP contribution in [0.5, 0.6) is 0 Å². The smallest absolute Gasteiger partial charge is 0.203 e. The summed E-state index contributed by atoms with van der Waals surface area (Å²) in [6, 6.07) is 0. The van der Waals surface area contributed by atoms with E-state index in [-0.39, 0.29) is 0 Å². The predicted octanol–water partition coefficient (Wildman–Crippen LogP) is 1.98. The topological polar surface area (TPSA) is 47.7 Å². The Labute approximate surface area is 107 Å². The molecule has 0 atom stereocenters. The van der Waals surface area contributed by atoms with E-state index in [1.54, 1.807) is 6.20 Å². The first kappa shape index (κ1) is 12.4. The molecule has 0 amide bonds. The van der Waals surface area contributed by atoms with Crippen LogP contribution in [0.15, 0.2) is 31.2 Å². The monoisotopic (exact) mass is 245 g/mol. The van der Waals surface area contributed by atoms with Crippen LogP contribution in [0, 0.1) is 0 Å². The van der Waals surface area contributed by atoms with Crippen molar-refractivity contribution in [3.05, 3.63) is 42.5 Å². The van der Waals surface area contributed by atoms with Crippen molar-refractivity contribution in [2.24, 2.45) is 7.05 Å². The third kappa shape index (κ3) is 2.61. The van der Waals surface area contributed by atoms with Crippen molar-refractivity contribution in [1.82, 2.24) is 19.3 Å². The fourth-order valence-corrected chi connectivity index (χ4v) is 1.97. The molecule has 5 heteroatoms. The Morgan fingerprint density at radius 1 is 1.50 bits per heavy atom. The lowest BCUT2D eigenvalue weighted by molar-refractivity contribution is 0.746. The maximum atomic E-state index is 4.42. The van der Waals surface area contributed by atoms with E-state index in [0.29, 0.717) is 0 Å². The number of nitrogens with zero attached hydrogens (tertiary/aromatic N) is 4. The molecule has 0 saturated heterocycles. The van der Waals surface area contributed by atoms with Gasteiger partial charge in [0.25, 0.3) is 0 Å². The molecule has 0 spiro atoms. The van der Waals surface area contributed by atoms with Crippen molar-refractivity contribution in [3.8, 4) is 0 Å². The minimum Gasteiger partial charge on any atom is -0.351 e. The summed E-state index contributed by atoms with van der Waals surface area (Å²) in [4.78, 5) is 4.29. The minimum absolute atomic E-state index is 0.741. The molecular formula is C13H19N5. The van der Waals surface area contributed by atoms with E-state index in [4.69, 9.17) is 0 Å². The van der Waals surface area contributed by atoms with Gasteiger partial charge in [-0.05, 0) is 6.42 Å². The van der Waals surface area contributed by atoms with Crippen molar-refractivity contribution in [3.63, 3.8) is 0 Å². The molecule has 0 aliphatic heterocycles. The molecule has 0 fully saturated rings. The lowest BCUT2D eigenvalue weighted by Crippen LogP contribution is -2.07. The molecule has 0 radical (unpaired) electrons. The van der Waals surface area contributed by atoms with Crippen LogP contribution in [0.25, 0.3) is 0 Å². The lowest BCUT2D eigenvalue weighted by Gasteiger charge is -2.07. The molecule has 2 heterocycles. The first-order chi connectivity index (χ1) is 8.74. The number of imidazole rings is 1. The molecule has 2 rings (SSSR count). The average molecular weight is 245 g/mol. The zero-order valence-electron chi connectivity index (χ0n) is 10.9. The first-order valence-corrected chi connectivity index (χ1v) is 6.12. The van der Waals surface area contributed by atoms with E-state index >= 15 is 0 Å². The lowest BCUT2D eigenvalue weighted by atomic mass is 10.2. The largest absolute Gasteiger partial charge is 0.351 e. The van der Waals surface area contributed by atoms with Crippen molar-refractivity contribution >= 4 is 5.95 Å². The maximum absolute atomic E-state index is 4.42. The van der Waals surface area contributed by atoms with Gasteiger partial charge in [0.2, 0.25) is 5.95 Å². The molecule has 2 aromatic heterocycles. The highest BCUT2D eigenvalue weighted by atomic mass is 15.3. The SMILES string of the molecule is C=CCn1ccnc1NCc1cn(C)nc1CC. The van der Waals surface area contributed by atoms with Crippen LogP contribution in [0.4, 0.5) is 5.95 Å². The molecule has 0 bridgehead atoms. The van der Waals surface area contributed by atoms with Gasteiger partial charge in [0.1, 0.15) is 0 Å².